The number of carbonyl (C=O) groups is 1. The number of nitrogens with one attached hydrogen (secondary N) is 1. The first kappa shape index (κ1) is 12.2. The molecule has 3 nitrogen and oxygen atoms in total. The largest absolute Gasteiger partial charge is 0.383 e. The zero-order valence-corrected chi connectivity index (χ0v) is 11.8. The number of para-hydroxylation sites is 2. The van der Waals surface area contributed by atoms with E-state index in [1.807, 2.05) is 12.1 Å². The van der Waals surface area contributed by atoms with E-state index in [0.717, 1.165) is 43.2 Å². The minimum Gasteiger partial charge on any atom is -0.383 e. The Morgan fingerprint density at radius 3 is 2.90 bits per heavy atom. The van der Waals surface area contributed by atoms with Crippen molar-refractivity contribution in [1.82, 2.24) is 0 Å². The minimum absolute atomic E-state index is 0.292. The molecule has 0 radical (unpaired) electrons. The van der Waals surface area contributed by atoms with Crippen molar-refractivity contribution in [2.24, 2.45) is 17.8 Å². The van der Waals surface area contributed by atoms with Crippen molar-refractivity contribution in [3.63, 3.8) is 0 Å². The number of rotatable bonds is 1. The van der Waals surface area contributed by atoms with Gasteiger partial charge in [-0.25, -0.2) is 0 Å². The number of carbonyl (C=O) groups excluding carboxylic acids is 1. The summed E-state index contributed by atoms with van der Waals surface area (Å²) in [4.78, 5) is 15.1. The standard InChI is InChI=1S/C17H22N2O/c20-17(14-11-12-6-7-13(14)10-12)19-9-3-8-18-15-4-1-2-5-16(15)19/h1-2,4-5,12-14,18H,3,6-11H2. The number of fused-ring (bicyclic) bond motifs is 3. The van der Waals surface area contributed by atoms with Gasteiger partial charge in [-0.1, -0.05) is 18.6 Å². The van der Waals surface area contributed by atoms with Crippen LogP contribution in [0.2, 0.25) is 0 Å². The van der Waals surface area contributed by atoms with E-state index in [2.05, 4.69) is 22.3 Å². The summed E-state index contributed by atoms with van der Waals surface area (Å²) < 4.78 is 0. The van der Waals surface area contributed by atoms with Gasteiger partial charge in [0.15, 0.2) is 0 Å². The van der Waals surface area contributed by atoms with Gasteiger partial charge in [-0.15, -0.1) is 0 Å². The third kappa shape index (κ3) is 1.91. The molecule has 2 bridgehead atoms. The lowest BCUT2D eigenvalue weighted by Crippen LogP contribution is -2.38. The molecule has 1 aliphatic heterocycles. The molecule has 1 aromatic carbocycles. The molecule has 4 rings (SSSR count). The lowest BCUT2D eigenvalue weighted by atomic mass is 9.87. The Morgan fingerprint density at radius 1 is 1.20 bits per heavy atom. The Bertz CT molecular complexity index is 527. The smallest absolute Gasteiger partial charge is 0.230 e. The predicted molar refractivity (Wildman–Crippen MR) is 80.8 cm³/mol. The molecule has 1 aromatic rings. The molecule has 2 aliphatic carbocycles. The van der Waals surface area contributed by atoms with Crippen LogP contribution in [0.3, 0.4) is 0 Å². The highest BCUT2D eigenvalue weighted by molar-refractivity contribution is 5.98. The first-order valence-electron chi connectivity index (χ1n) is 7.97. The first-order valence-corrected chi connectivity index (χ1v) is 7.97. The lowest BCUT2D eigenvalue weighted by Gasteiger charge is -2.29. The van der Waals surface area contributed by atoms with Gasteiger partial charge >= 0.3 is 0 Å². The second kappa shape index (κ2) is 4.80. The number of amides is 1. The average molecular weight is 270 g/mol. The molecular formula is C17H22N2O. The first-order chi connectivity index (χ1) is 9.83. The Hall–Kier alpha value is -1.51. The van der Waals surface area contributed by atoms with Crippen LogP contribution < -0.4 is 10.2 Å². The monoisotopic (exact) mass is 270 g/mol. The van der Waals surface area contributed by atoms with E-state index in [1.54, 1.807) is 0 Å². The minimum atomic E-state index is 0.292. The molecule has 3 heteroatoms. The van der Waals surface area contributed by atoms with Gasteiger partial charge in [0.05, 0.1) is 11.4 Å². The molecule has 2 fully saturated rings. The van der Waals surface area contributed by atoms with Crippen LogP contribution in [0.4, 0.5) is 11.4 Å². The fraction of sp³-hybridized carbons (Fsp3) is 0.588. The number of nitrogens with zero attached hydrogens (tertiary/aromatic N) is 1. The summed E-state index contributed by atoms with van der Waals surface area (Å²) in [6.45, 7) is 1.81. The number of benzene rings is 1. The van der Waals surface area contributed by atoms with Crippen molar-refractivity contribution in [2.75, 3.05) is 23.3 Å². The van der Waals surface area contributed by atoms with E-state index in [4.69, 9.17) is 0 Å². The fourth-order valence-corrected chi connectivity index (χ4v) is 4.42. The maximum absolute atomic E-state index is 13.0. The van der Waals surface area contributed by atoms with E-state index in [0.29, 0.717) is 17.7 Å². The van der Waals surface area contributed by atoms with Crippen molar-refractivity contribution in [2.45, 2.75) is 32.1 Å². The second-order valence-electron chi connectivity index (χ2n) is 6.57. The van der Waals surface area contributed by atoms with E-state index in [9.17, 15) is 4.79 Å². The molecule has 2 saturated carbocycles. The van der Waals surface area contributed by atoms with Gasteiger partial charge in [0.25, 0.3) is 0 Å². The highest BCUT2D eigenvalue weighted by atomic mass is 16.2. The third-order valence-corrected chi connectivity index (χ3v) is 5.39. The molecule has 3 unspecified atom stereocenters. The molecule has 3 atom stereocenters. The molecule has 1 heterocycles. The summed E-state index contributed by atoms with van der Waals surface area (Å²) in [6.07, 6.45) is 6.09. The molecular weight excluding hydrogens is 248 g/mol. The molecule has 3 aliphatic rings. The van der Waals surface area contributed by atoms with Crippen LogP contribution in [0, 0.1) is 17.8 Å². The van der Waals surface area contributed by atoms with Crippen LogP contribution in [0.15, 0.2) is 24.3 Å². The van der Waals surface area contributed by atoms with Crippen LogP contribution in [0.5, 0.6) is 0 Å². The predicted octanol–water partition coefficient (Wildman–Crippen LogP) is 3.27. The van der Waals surface area contributed by atoms with Gasteiger partial charge in [0.1, 0.15) is 0 Å². The van der Waals surface area contributed by atoms with Crippen molar-refractivity contribution >= 4 is 17.3 Å². The second-order valence-corrected chi connectivity index (χ2v) is 6.57. The quantitative estimate of drug-likeness (QED) is 0.849. The van der Waals surface area contributed by atoms with Gasteiger partial charge in [0, 0.05) is 19.0 Å². The van der Waals surface area contributed by atoms with Gasteiger partial charge in [-0.2, -0.15) is 0 Å². The van der Waals surface area contributed by atoms with Gasteiger partial charge in [0.2, 0.25) is 5.91 Å². The summed E-state index contributed by atoms with van der Waals surface area (Å²) in [6, 6.07) is 8.24. The summed E-state index contributed by atoms with van der Waals surface area (Å²) in [7, 11) is 0. The Morgan fingerprint density at radius 2 is 2.10 bits per heavy atom. The summed E-state index contributed by atoms with van der Waals surface area (Å²) in [5, 5.41) is 3.44. The van der Waals surface area contributed by atoms with Crippen molar-refractivity contribution in [1.29, 1.82) is 0 Å². The van der Waals surface area contributed by atoms with Crippen LogP contribution >= 0.6 is 0 Å². The SMILES string of the molecule is O=C(C1CC2CCC1C2)N1CCCNc2ccccc21. The highest BCUT2D eigenvalue weighted by Crippen LogP contribution is 2.49. The van der Waals surface area contributed by atoms with Crippen LogP contribution in [-0.2, 0) is 4.79 Å². The maximum atomic E-state index is 13.0. The van der Waals surface area contributed by atoms with Crippen LogP contribution in [-0.4, -0.2) is 19.0 Å². The normalized spacial score (nSPS) is 31.6. The molecule has 0 aromatic heterocycles. The average Bonchev–Trinajstić information content (AvgIpc) is 3.04. The van der Waals surface area contributed by atoms with Gasteiger partial charge in [-0.05, 0) is 49.7 Å². The summed E-state index contributed by atoms with van der Waals surface area (Å²) in [5.41, 5.74) is 2.19. The zero-order chi connectivity index (χ0) is 13.5. The molecule has 106 valence electrons. The van der Waals surface area contributed by atoms with E-state index < -0.39 is 0 Å². The molecule has 1 amide bonds. The molecule has 0 spiro atoms. The topological polar surface area (TPSA) is 32.3 Å². The van der Waals surface area contributed by atoms with Crippen molar-refractivity contribution in [3.05, 3.63) is 24.3 Å². The fourth-order valence-electron chi connectivity index (χ4n) is 4.42. The van der Waals surface area contributed by atoms with E-state index in [1.165, 1.54) is 19.3 Å². The Kier molecular flexibility index (Phi) is 2.94. The zero-order valence-electron chi connectivity index (χ0n) is 11.8. The Balaban J connectivity index is 1.63. The number of hydrogen-bond donors (Lipinski definition) is 1. The molecule has 20 heavy (non-hydrogen) atoms. The van der Waals surface area contributed by atoms with E-state index >= 15 is 0 Å². The number of anilines is 2. The van der Waals surface area contributed by atoms with Crippen molar-refractivity contribution in [3.8, 4) is 0 Å². The van der Waals surface area contributed by atoms with Crippen LogP contribution in [0.25, 0.3) is 0 Å². The number of hydrogen-bond acceptors (Lipinski definition) is 2. The molecule has 1 N–H and O–H groups in total. The van der Waals surface area contributed by atoms with Gasteiger partial charge in [-0.3, -0.25) is 4.79 Å². The van der Waals surface area contributed by atoms with Crippen LogP contribution in [0.1, 0.15) is 32.1 Å². The van der Waals surface area contributed by atoms with E-state index in [-0.39, 0.29) is 0 Å². The summed E-state index contributed by atoms with van der Waals surface area (Å²) in [5.74, 6) is 2.17. The lowest BCUT2D eigenvalue weighted by molar-refractivity contribution is -0.123. The third-order valence-electron chi connectivity index (χ3n) is 5.39. The molecule has 0 saturated heterocycles. The highest BCUT2D eigenvalue weighted by Gasteiger charge is 2.44. The Labute approximate surface area is 120 Å². The van der Waals surface area contributed by atoms with Crippen molar-refractivity contribution < 1.29 is 4.79 Å². The summed E-state index contributed by atoms with van der Waals surface area (Å²) >= 11 is 0. The maximum Gasteiger partial charge on any atom is 0.230 e. The van der Waals surface area contributed by atoms with Gasteiger partial charge < -0.3 is 10.2 Å².